The molecule has 1 aromatic heterocycles. The summed E-state index contributed by atoms with van der Waals surface area (Å²) < 4.78 is 1.95. The molecule has 0 aliphatic rings. The van der Waals surface area contributed by atoms with Crippen LogP contribution in [-0.2, 0) is 13.6 Å². The number of nitrogens with zero attached hydrogens (tertiary/aromatic N) is 4. The lowest BCUT2D eigenvalue weighted by Crippen LogP contribution is -2.38. The van der Waals surface area contributed by atoms with Gasteiger partial charge in [0, 0.05) is 20.1 Å². The highest BCUT2D eigenvalue weighted by Crippen LogP contribution is 1.99. The fourth-order valence-corrected chi connectivity index (χ4v) is 1.94. The average molecular weight is 424 g/mol. The van der Waals surface area contributed by atoms with Gasteiger partial charge >= 0.3 is 0 Å². The predicted octanol–water partition coefficient (Wildman–Crippen LogP) is 1.72. The van der Waals surface area contributed by atoms with Gasteiger partial charge in [-0.2, -0.15) is 11.8 Å². The van der Waals surface area contributed by atoms with Gasteiger partial charge in [0.05, 0.1) is 0 Å². The second-order valence-corrected chi connectivity index (χ2v) is 5.32. The van der Waals surface area contributed by atoms with Crippen LogP contribution in [0.1, 0.15) is 18.1 Å². The summed E-state index contributed by atoms with van der Waals surface area (Å²) in [6.45, 7) is 7.73. The summed E-state index contributed by atoms with van der Waals surface area (Å²) in [5.74, 6) is 3.67. The molecule has 0 aliphatic carbocycles. The zero-order chi connectivity index (χ0) is 14.8. The van der Waals surface area contributed by atoms with Crippen LogP contribution in [0.15, 0.2) is 17.6 Å². The van der Waals surface area contributed by atoms with E-state index in [2.05, 4.69) is 38.7 Å². The van der Waals surface area contributed by atoms with E-state index in [1.54, 1.807) is 0 Å². The van der Waals surface area contributed by atoms with Crippen molar-refractivity contribution in [2.75, 3.05) is 25.1 Å². The molecule has 0 saturated carbocycles. The zero-order valence-corrected chi connectivity index (χ0v) is 16.1. The SMILES string of the molecule is C=CCNC(=NCc1nnc(C)n1C)NCCCSC.I. The van der Waals surface area contributed by atoms with Gasteiger partial charge in [-0.15, -0.1) is 40.8 Å². The lowest BCUT2D eigenvalue weighted by atomic mass is 10.5. The standard InChI is InChI=1S/C13H24N6S.HI/c1-5-7-14-13(15-8-6-9-20-4)16-10-12-18-17-11(2)19(12)3;/h5H,1,6-10H2,2-4H3,(H2,14,15,16);1H. The predicted molar refractivity (Wildman–Crippen MR) is 101 cm³/mol. The van der Waals surface area contributed by atoms with E-state index in [4.69, 9.17) is 0 Å². The first-order valence-electron chi connectivity index (χ1n) is 6.66. The van der Waals surface area contributed by atoms with Gasteiger partial charge in [0.25, 0.3) is 0 Å². The lowest BCUT2D eigenvalue weighted by Gasteiger charge is -2.11. The first-order chi connectivity index (χ1) is 9.69. The summed E-state index contributed by atoms with van der Waals surface area (Å²) >= 11 is 1.85. The number of nitrogens with one attached hydrogen (secondary N) is 2. The van der Waals surface area contributed by atoms with Crippen molar-refractivity contribution in [1.82, 2.24) is 25.4 Å². The minimum absolute atomic E-state index is 0. The normalized spacial score (nSPS) is 10.9. The Bertz CT molecular complexity index is 446. The quantitative estimate of drug-likeness (QED) is 0.219. The maximum Gasteiger partial charge on any atom is 0.191 e. The summed E-state index contributed by atoms with van der Waals surface area (Å²) in [6.07, 6.45) is 5.03. The number of aryl methyl sites for hydroxylation is 1. The summed E-state index contributed by atoms with van der Waals surface area (Å²) in [6, 6.07) is 0. The molecular formula is C13H25IN6S. The first-order valence-corrected chi connectivity index (χ1v) is 8.05. The highest BCUT2D eigenvalue weighted by molar-refractivity contribution is 14.0. The van der Waals surface area contributed by atoms with Crippen molar-refractivity contribution < 1.29 is 0 Å². The molecule has 0 fully saturated rings. The molecule has 0 bridgehead atoms. The smallest absolute Gasteiger partial charge is 0.191 e. The molecule has 120 valence electrons. The van der Waals surface area contributed by atoms with Crippen molar-refractivity contribution in [1.29, 1.82) is 0 Å². The molecule has 8 heteroatoms. The Hall–Kier alpha value is -0.770. The molecule has 1 aromatic rings. The summed E-state index contributed by atoms with van der Waals surface area (Å²) in [5.41, 5.74) is 0. The summed E-state index contributed by atoms with van der Waals surface area (Å²) in [7, 11) is 1.95. The molecule has 1 rings (SSSR count). The van der Waals surface area contributed by atoms with Gasteiger partial charge in [0.2, 0.25) is 0 Å². The van der Waals surface area contributed by atoms with Crippen molar-refractivity contribution in [2.24, 2.45) is 12.0 Å². The minimum Gasteiger partial charge on any atom is -0.356 e. The number of aliphatic imine (C=N–C) groups is 1. The van der Waals surface area contributed by atoms with Gasteiger partial charge in [-0.25, -0.2) is 4.99 Å². The average Bonchev–Trinajstić information content (AvgIpc) is 2.77. The molecule has 21 heavy (non-hydrogen) atoms. The maximum absolute atomic E-state index is 4.52. The van der Waals surface area contributed by atoms with Crippen LogP contribution in [0.5, 0.6) is 0 Å². The number of aromatic nitrogens is 3. The van der Waals surface area contributed by atoms with Crippen LogP contribution in [0.2, 0.25) is 0 Å². The van der Waals surface area contributed by atoms with Gasteiger partial charge in [0.15, 0.2) is 11.8 Å². The number of hydrogen-bond donors (Lipinski definition) is 2. The Morgan fingerprint density at radius 3 is 2.76 bits per heavy atom. The Morgan fingerprint density at radius 1 is 1.43 bits per heavy atom. The summed E-state index contributed by atoms with van der Waals surface area (Å²) in [4.78, 5) is 4.52. The van der Waals surface area contributed by atoms with Crippen LogP contribution in [0, 0.1) is 6.92 Å². The number of hydrogen-bond acceptors (Lipinski definition) is 4. The summed E-state index contributed by atoms with van der Waals surface area (Å²) in [5, 5.41) is 14.6. The topological polar surface area (TPSA) is 67.1 Å². The van der Waals surface area contributed by atoms with Crippen LogP contribution < -0.4 is 10.6 Å². The molecule has 0 atom stereocenters. The molecule has 0 unspecified atom stereocenters. The number of halogens is 1. The van der Waals surface area contributed by atoms with Crippen LogP contribution in [0.25, 0.3) is 0 Å². The van der Waals surface area contributed by atoms with Gasteiger partial charge in [0.1, 0.15) is 12.4 Å². The van der Waals surface area contributed by atoms with E-state index in [0.717, 1.165) is 36.3 Å². The van der Waals surface area contributed by atoms with Gasteiger partial charge in [-0.05, 0) is 25.4 Å². The minimum atomic E-state index is 0. The molecule has 0 aliphatic heterocycles. The number of rotatable bonds is 8. The third kappa shape index (κ3) is 7.70. The van der Waals surface area contributed by atoms with Gasteiger partial charge < -0.3 is 15.2 Å². The second-order valence-electron chi connectivity index (χ2n) is 4.33. The number of thioether (sulfide) groups is 1. The molecule has 2 N–H and O–H groups in total. The van der Waals surface area contributed by atoms with E-state index >= 15 is 0 Å². The second kappa shape index (κ2) is 11.8. The Kier molecular flexibility index (Phi) is 11.4. The van der Waals surface area contributed by atoms with Crippen molar-refractivity contribution in [2.45, 2.75) is 19.9 Å². The molecule has 0 radical (unpaired) electrons. The Labute approximate surface area is 148 Å². The van der Waals surface area contributed by atoms with E-state index in [0.29, 0.717) is 13.1 Å². The highest BCUT2D eigenvalue weighted by Gasteiger charge is 2.04. The molecule has 0 spiro atoms. The molecule has 0 amide bonds. The van der Waals surface area contributed by atoms with E-state index in [-0.39, 0.29) is 24.0 Å². The monoisotopic (exact) mass is 424 g/mol. The van der Waals surface area contributed by atoms with E-state index in [1.165, 1.54) is 0 Å². The Morgan fingerprint density at radius 2 is 2.19 bits per heavy atom. The van der Waals surface area contributed by atoms with E-state index in [9.17, 15) is 0 Å². The van der Waals surface area contributed by atoms with Crippen molar-refractivity contribution in [3.8, 4) is 0 Å². The highest BCUT2D eigenvalue weighted by atomic mass is 127. The lowest BCUT2D eigenvalue weighted by molar-refractivity contribution is 0.755. The van der Waals surface area contributed by atoms with Crippen LogP contribution in [0.4, 0.5) is 0 Å². The van der Waals surface area contributed by atoms with Crippen molar-refractivity contribution in [3.63, 3.8) is 0 Å². The van der Waals surface area contributed by atoms with Crippen molar-refractivity contribution >= 4 is 41.7 Å². The third-order valence-corrected chi connectivity index (χ3v) is 3.49. The fourth-order valence-electron chi connectivity index (χ4n) is 1.50. The molecule has 6 nitrogen and oxygen atoms in total. The van der Waals surface area contributed by atoms with E-state index < -0.39 is 0 Å². The maximum atomic E-state index is 4.52. The van der Waals surface area contributed by atoms with Gasteiger partial charge in [-0.3, -0.25) is 0 Å². The largest absolute Gasteiger partial charge is 0.356 e. The van der Waals surface area contributed by atoms with Crippen LogP contribution >= 0.6 is 35.7 Å². The van der Waals surface area contributed by atoms with E-state index in [1.807, 2.05) is 36.4 Å². The third-order valence-electron chi connectivity index (χ3n) is 2.79. The van der Waals surface area contributed by atoms with Crippen molar-refractivity contribution in [3.05, 3.63) is 24.3 Å². The zero-order valence-electron chi connectivity index (χ0n) is 12.9. The molecular weight excluding hydrogens is 399 g/mol. The van der Waals surface area contributed by atoms with Gasteiger partial charge in [-0.1, -0.05) is 6.08 Å². The Balaban J connectivity index is 0.00000400. The fraction of sp³-hybridized carbons (Fsp3) is 0.615. The number of guanidine groups is 1. The molecule has 0 aromatic carbocycles. The van der Waals surface area contributed by atoms with Crippen LogP contribution in [-0.4, -0.2) is 45.8 Å². The first kappa shape index (κ1) is 20.2. The molecule has 1 heterocycles. The molecule has 0 saturated heterocycles. The van der Waals surface area contributed by atoms with Crippen LogP contribution in [0.3, 0.4) is 0 Å².